The van der Waals surface area contributed by atoms with Gasteiger partial charge in [-0.1, -0.05) is 42.5 Å². The van der Waals surface area contributed by atoms with Crippen LogP contribution >= 0.6 is 0 Å². The monoisotopic (exact) mass is 367 g/mol. The maximum absolute atomic E-state index is 12.4. The number of nitrogens with one attached hydrogen (secondary N) is 1. The summed E-state index contributed by atoms with van der Waals surface area (Å²) in [6, 6.07) is 18.5. The van der Waals surface area contributed by atoms with Gasteiger partial charge in [-0.15, -0.1) is 0 Å². The van der Waals surface area contributed by atoms with Crippen LogP contribution in [0.2, 0.25) is 0 Å². The molecule has 0 spiro atoms. The fourth-order valence-corrected chi connectivity index (χ4v) is 3.39. The number of para-hydroxylation sites is 2. The summed E-state index contributed by atoms with van der Waals surface area (Å²) >= 11 is 0. The van der Waals surface area contributed by atoms with E-state index in [0.29, 0.717) is 13.2 Å². The number of nitrogens with zero attached hydrogens (tertiary/aromatic N) is 2. The molecule has 0 radical (unpaired) electrons. The zero-order valence-corrected chi connectivity index (χ0v) is 16.1. The van der Waals surface area contributed by atoms with Gasteiger partial charge in [0.2, 0.25) is 0 Å². The number of hydrogen-bond donors (Lipinski definition) is 1. The van der Waals surface area contributed by atoms with Gasteiger partial charge in [0.15, 0.2) is 0 Å². The highest BCUT2D eigenvalue weighted by Gasteiger charge is 2.22. The second-order valence-electron chi connectivity index (χ2n) is 6.70. The van der Waals surface area contributed by atoms with Crippen molar-refractivity contribution in [3.05, 3.63) is 60.2 Å². The van der Waals surface area contributed by atoms with E-state index < -0.39 is 0 Å². The lowest BCUT2D eigenvalue weighted by Gasteiger charge is -2.36. The normalized spacial score (nSPS) is 14.1. The molecule has 1 fully saturated rings. The van der Waals surface area contributed by atoms with Crippen molar-refractivity contribution < 1.29 is 9.53 Å². The van der Waals surface area contributed by atoms with E-state index in [2.05, 4.69) is 40.5 Å². The minimum Gasteiger partial charge on any atom is -0.492 e. The summed E-state index contributed by atoms with van der Waals surface area (Å²) < 4.78 is 5.73. The number of urea groups is 1. The smallest absolute Gasteiger partial charge is 0.317 e. The van der Waals surface area contributed by atoms with Crippen LogP contribution in [0.15, 0.2) is 54.6 Å². The highest BCUT2D eigenvalue weighted by atomic mass is 16.5. The van der Waals surface area contributed by atoms with Crippen molar-refractivity contribution in [2.24, 2.45) is 0 Å². The molecule has 5 heteroatoms. The number of ether oxygens (including phenoxy) is 1. The molecule has 0 saturated carbocycles. The molecule has 1 saturated heterocycles. The number of carbonyl (C=O) groups excluding carboxylic acids is 1. The third-order valence-corrected chi connectivity index (χ3v) is 4.83. The average Bonchev–Trinajstić information content (AvgIpc) is 2.73. The molecule has 1 aliphatic rings. The lowest BCUT2D eigenvalue weighted by atomic mass is 10.1. The van der Waals surface area contributed by atoms with Crippen LogP contribution in [-0.2, 0) is 6.42 Å². The Balaban J connectivity index is 1.41. The van der Waals surface area contributed by atoms with E-state index in [4.69, 9.17) is 4.74 Å². The molecule has 1 N–H and O–H groups in total. The lowest BCUT2D eigenvalue weighted by molar-refractivity contribution is 0.194. The Morgan fingerprint density at radius 1 is 1.00 bits per heavy atom. The van der Waals surface area contributed by atoms with Gasteiger partial charge in [-0.05, 0) is 37.5 Å². The van der Waals surface area contributed by atoms with Crippen molar-refractivity contribution in [3.63, 3.8) is 0 Å². The van der Waals surface area contributed by atoms with Gasteiger partial charge >= 0.3 is 6.03 Å². The zero-order chi connectivity index (χ0) is 18.9. The summed E-state index contributed by atoms with van der Waals surface area (Å²) in [6.45, 7) is 6.46. The summed E-state index contributed by atoms with van der Waals surface area (Å²) in [5.74, 6) is 0.916. The Hall–Kier alpha value is -2.69. The van der Waals surface area contributed by atoms with Gasteiger partial charge in [0.1, 0.15) is 5.75 Å². The average molecular weight is 367 g/mol. The van der Waals surface area contributed by atoms with Gasteiger partial charge in [0.25, 0.3) is 0 Å². The molecule has 0 atom stereocenters. The quantitative estimate of drug-likeness (QED) is 0.761. The number of rotatable bonds is 7. The van der Waals surface area contributed by atoms with E-state index in [1.807, 2.05) is 36.1 Å². The Labute approximate surface area is 161 Å². The number of anilines is 1. The second-order valence-corrected chi connectivity index (χ2v) is 6.70. The molecule has 0 bridgehead atoms. The highest BCUT2D eigenvalue weighted by Crippen LogP contribution is 2.28. The summed E-state index contributed by atoms with van der Waals surface area (Å²) in [7, 11) is 0. The first-order valence-electron chi connectivity index (χ1n) is 9.81. The van der Waals surface area contributed by atoms with Crippen molar-refractivity contribution in [1.82, 2.24) is 10.2 Å². The van der Waals surface area contributed by atoms with Gasteiger partial charge in [-0.25, -0.2) is 4.79 Å². The molecule has 0 aliphatic carbocycles. The molecule has 27 heavy (non-hydrogen) atoms. The number of hydrogen-bond acceptors (Lipinski definition) is 3. The number of benzene rings is 2. The third-order valence-electron chi connectivity index (χ3n) is 4.83. The summed E-state index contributed by atoms with van der Waals surface area (Å²) in [5.41, 5.74) is 2.43. The highest BCUT2D eigenvalue weighted by molar-refractivity contribution is 5.74. The molecular weight excluding hydrogens is 338 g/mol. The number of carbonyl (C=O) groups is 1. The van der Waals surface area contributed by atoms with E-state index in [1.54, 1.807) is 0 Å². The molecule has 2 aromatic rings. The Bertz CT molecular complexity index is 713. The second kappa shape index (κ2) is 9.86. The van der Waals surface area contributed by atoms with Gasteiger partial charge in [0, 0.05) is 32.7 Å². The Morgan fingerprint density at radius 2 is 1.70 bits per heavy atom. The first-order chi connectivity index (χ1) is 13.3. The number of piperazine rings is 1. The van der Waals surface area contributed by atoms with Crippen LogP contribution in [0.25, 0.3) is 0 Å². The van der Waals surface area contributed by atoms with Crippen LogP contribution in [0.5, 0.6) is 5.75 Å². The molecule has 144 valence electrons. The largest absolute Gasteiger partial charge is 0.492 e. The van der Waals surface area contributed by atoms with Crippen LogP contribution in [0.1, 0.15) is 18.9 Å². The van der Waals surface area contributed by atoms with Crippen molar-refractivity contribution in [3.8, 4) is 5.75 Å². The van der Waals surface area contributed by atoms with Crippen molar-refractivity contribution in [2.45, 2.75) is 19.8 Å². The van der Waals surface area contributed by atoms with Gasteiger partial charge in [-0.2, -0.15) is 0 Å². The SMILES string of the molecule is CCOc1ccccc1N1CCN(C(=O)NCCCc2ccccc2)CC1. The Kier molecular flexibility index (Phi) is 6.97. The van der Waals surface area contributed by atoms with Crippen LogP contribution in [0.3, 0.4) is 0 Å². The lowest BCUT2D eigenvalue weighted by Crippen LogP contribution is -2.52. The van der Waals surface area contributed by atoms with Crippen molar-refractivity contribution in [1.29, 1.82) is 0 Å². The van der Waals surface area contributed by atoms with Gasteiger partial charge in [-0.3, -0.25) is 0 Å². The van der Waals surface area contributed by atoms with E-state index in [0.717, 1.165) is 50.5 Å². The predicted octanol–water partition coefficient (Wildman–Crippen LogP) is 3.55. The van der Waals surface area contributed by atoms with Crippen LogP contribution in [0, 0.1) is 0 Å². The molecule has 0 unspecified atom stereocenters. The van der Waals surface area contributed by atoms with Crippen molar-refractivity contribution >= 4 is 11.7 Å². The Morgan fingerprint density at radius 3 is 2.44 bits per heavy atom. The molecular formula is C22H29N3O2. The number of amides is 2. The maximum Gasteiger partial charge on any atom is 0.317 e. The fourth-order valence-electron chi connectivity index (χ4n) is 3.39. The van der Waals surface area contributed by atoms with E-state index in [9.17, 15) is 4.79 Å². The van der Waals surface area contributed by atoms with Crippen molar-refractivity contribution in [2.75, 3.05) is 44.2 Å². The van der Waals surface area contributed by atoms with Crippen LogP contribution in [-0.4, -0.2) is 50.3 Å². The summed E-state index contributed by atoms with van der Waals surface area (Å²) in [4.78, 5) is 16.6. The number of aryl methyl sites for hydroxylation is 1. The maximum atomic E-state index is 12.4. The minimum absolute atomic E-state index is 0.0424. The fraction of sp³-hybridized carbons (Fsp3) is 0.409. The zero-order valence-electron chi connectivity index (χ0n) is 16.1. The van der Waals surface area contributed by atoms with Gasteiger partial charge in [0.05, 0.1) is 12.3 Å². The van der Waals surface area contributed by atoms with E-state index in [1.165, 1.54) is 5.56 Å². The van der Waals surface area contributed by atoms with E-state index >= 15 is 0 Å². The minimum atomic E-state index is 0.0424. The summed E-state index contributed by atoms with van der Waals surface area (Å²) in [6.07, 6.45) is 1.95. The molecule has 2 aromatic carbocycles. The van der Waals surface area contributed by atoms with Gasteiger partial charge < -0.3 is 19.9 Å². The molecule has 3 rings (SSSR count). The molecule has 2 amide bonds. The predicted molar refractivity (Wildman–Crippen MR) is 110 cm³/mol. The first-order valence-corrected chi connectivity index (χ1v) is 9.81. The first kappa shape index (κ1) is 19.1. The van der Waals surface area contributed by atoms with E-state index in [-0.39, 0.29) is 6.03 Å². The molecule has 0 aromatic heterocycles. The van der Waals surface area contributed by atoms with Crippen LogP contribution in [0.4, 0.5) is 10.5 Å². The topological polar surface area (TPSA) is 44.8 Å². The molecule has 1 aliphatic heterocycles. The molecule has 5 nitrogen and oxygen atoms in total. The molecule has 1 heterocycles. The third kappa shape index (κ3) is 5.39. The summed E-state index contributed by atoms with van der Waals surface area (Å²) in [5, 5.41) is 3.05. The van der Waals surface area contributed by atoms with Crippen LogP contribution < -0.4 is 15.0 Å². The standard InChI is InChI=1S/C22H29N3O2/c1-2-27-21-13-7-6-12-20(21)24-15-17-25(18-16-24)22(26)23-14-8-11-19-9-4-3-5-10-19/h3-7,9-10,12-13H,2,8,11,14-18H2,1H3,(H,23,26).